The zero-order chi connectivity index (χ0) is 16.8. The zero-order valence-corrected chi connectivity index (χ0v) is 13.8. The van der Waals surface area contributed by atoms with Crippen LogP contribution >= 0.6 is 12.6 Å². The number of amides is 2. The molecule has 0 rings (SSSR count). The Morgan fingerprint density at radius 2 is 1.95 bits per heavy atom. The fourth-order valence-corrected chi connectivity index (χ4v) is 2.45. The van der Waals surface area contributed by atoms with Gasteiger partial charge in [-0.25, -0.2) is 8.42 Å². The first kappa shape index (κ1) is 20.2. The Morgan fingerprint density at radius 3 is 2.33 bits per heavy atom. The first-order chi connectivity index (χ1) is 9.49. The van der Waals surface area contributed by atoms with Crippen molar-refractivity contribution < 1.29 is 28.3 Å². The average molecular weight is 341 g/mol. The number of hydrogen-bond donors (Lipinski definition) is 4. The van der Waals surface area contributed by atoms with Crippen LogP contribution in [0.4, 0.5) is 0 Å². The molecular formula is C11H23N3O5S2. The van der Waals surface area contributed by atoms with Crippen molar-refractivity contribution in [3.63, 3.8) is 0 Å². The molecule has 2 amide bonds. The lowest BCUT2D eigenvalue weighted by atomic mass is 9.98. The van der Waals surface area contributed by atoms with Gasteiger partial charge in [0.05, 0.1) is 10.1 Å². The van der Waals surface area contributed by atoms with Crippen LogP contribution in [-0.4, -0.2) is 47.9 Å². The van der Waals surface area contributed by atoms with Gasteiger partial charge in [-0.3, -0.25) is 9.59 Å². The van der Waals surface area contributed by atoms with E-state index in [0.29, 0.717) is 6.42 Å². The number of quaternary nitrogens is 1. The van der Waals surface area contributed by atoms with E-state index in [1.807, 2.05) is 6.92 Å². The number of nitrogens with two attached hydrogens (primary N) is 1. The fraction of sp³-hybridized carbons (Fsp3) is 0.818. The van der Waals surface area contributed by atoms with E-state index in [1.165, 1.54) is 0 Å². The summed E-state index contributed by atoms with van der Waals surface area (Å²) in [5.41, 5.74) is 8.86. The fourth-order valence-electron chi connectivity index (χ4n) is 1.64. The Hall–Kier alpha value is -0.840. The minimum absolute atomic E-state index is 0.0853. The third kappa shape index (κ3) is 7.65. The van der Waals surface area contributed by atoms with Gasteiger partial charge in [0.25, 0.3) is 0 Å². The van der Waals surface area contributed by atoms with Crippen molar-refractivity contribution in [1.29, 1.82) is 0 Å². The number of hydrogen-bond acceptors (Lipinski definition) is 6. The molecule has 6 N–H and O–H groups in total. The summed E-state index contributed by atoms with van der Waals surface area (Å²) < 4.78 is 31.7. The summed E-state index contributed by atoms with van der Waals surface area (Å²) in [7, 11) is -4.36. The van der Waals surface area contributed by atoms with Crippen molar-refractivity contribution in [3.05, 3.63) is 0 Å². The molecule has 124 valence electrons. The van der Waals surface area contributed by atoms with Gasteiger partial charge >= 0.3 is 0 Å². The van der Waals surface area contributed by atoms with Crippen LogP contribution in [0.3, 0.4) is 0 Å². The van der Waals surface area contributed by atoms with Crippen molar-refractivity contribution in [2.45, 2.75) is 44.0 Å². The molecule has 8 nitrogen and oxygen atoms in total. The maximum atomic E-state index is 12.0. The van der Waals surface area contributed by atoms with E-state index in [4.69, 9.17) is 5.73 Å². The van der Waals surface area contributed by atoms with E-state index >= 15 is 0 Å². The molecule has 21 heavy (non-hydrogen) atoms. The van der Waals surface area contributed by atoms with Gasteiger partial charge < -0.3 is 21.3 Å². The van der Waals surface area contributed by atoms with Gasteiger partial charge in [-0.05, 0) is 5.92 Å². The van der Waals surface area contributed by atoms with E-state index in [-0.39, 0.29) is 12.3 Å². The van der Waals surface area contributed by atoms with Gasteiger partial charge in [0.2, 0.25) is 11.8 Å². The van der Waals surface area contributed by atoms with E-state index in [9.17, 15) is 22.6 Å². The summed E-state index contributed by atoms with van der Waals surface area (Å²) in [6, 6.07) is -1.50. The molecule has 0 unspecified atom stereocenters. The lowest BCUT2D eigenvalue weighted by Gasteiger charge is -2.24. The molecule has 0 aromatic heterocycles. The van der Waals surface area contributed by atoms with Gasteiger partial charge in [0.1, 0.15) is 17.3 Å². The van der Waals surface area contributed by atoms with E-state index in [0.717, 1.165) is 0 Å². The largest absolute Gasteiger partial charge is 0.748 e. The summed E-state index contributed by atoms with van der Waals surface area (Å²) in [6.45, 7) is 3.63. The molecule has 0 aliphatic carbocycles. The Balaban J connectivity index is 4.65. The monoisotopic (exact) mass is 341 g/mol. The van der Waals surface area contributed by atoms with Gasteiger partial charge in [-0.2, -0.15) is 12.6 Å². The first-order valence-corrected chi connectivity index (χ1v) is 8.63. The smallest absolute Gasteiger partial charge is 0.240 e. The number of carbonyl (C=O) groups is 2. The van der Waals surface area contributed by atoms with Gasteiger partial charge in [-0.1, -0.05) is 20.3 Å². The average Bonchev–Trinajstić information content (AvgIpc) is 2.38. The number of nitrogens with one attached hydrogen (secondary N) is 1. The molecule has 0 fully saturated rings. The molecule has 10 heteroatoms. The van der Waals surface area contributed by atoms with Gasteiger partial charge in [-0.15, -0.1) is 0 Å². The van der Waals surface area contributed by atoms with Crippen LogP contribution in [0, 0.1) is 5.92 Å². The van der Waals surface area contributed by atoms with Crippen molar-refractivity contribution in [1.82, 2.24) is 5.32 Å². The third-order valence-electron chi connectivity index (χ3n) is 3.27. The molecule has 4 atom stereocenters. The van der Waals surface area contributed by atoms with Crippen LogP contribution in [0.1, 0.15) is 26.7 Å². The minimum Gasteiger partial charge on any atom is -0.748 e. The predicted octanol–water partition coefficient (Wildman–Crippen LogP) is -2.15. The molecule has 0 saturated heterocycles. The standard InChI is InChI=1S/C11H23N3O5S2/c1-3-6(2)8(10(13)15)14-11(16)9(20)7(12)4-5-21(17,18)19/h6-9,20H,3-5,12H2,1-2H3,(H2,13,15)(H,14,16)(H,17,18,19)/t6-,7-,8+,9-/m1/s1. The topological polar surface area (TPSA) is 157 Å². The van der Waals surface area contributed by atoms with Crippen molar-refractivity contribution in [3.8, 4) is 0 Å². The molecular weight excluding hydrogens is 318 g/mol. The van der Waals surface area contributed by atoms with Gasteiger partial charge in [0.15, 0.2) is 0 Å². The molecule has 0 saturated carbocycles. The summed E-state index contributed by atoms with van der Waals surface area (Å²) in [5.74, 6) is -1.97. The molecule has 0 aromatic rings. The SMILES string of the molecule is CC[C@@H](C)[C@H](NC(=O)[C@H](S)[C@H]([NH3+])CCS(=O)(=O)[O-])C(N)=O. The van der Waals surface area contributed by atoms with Gasteiger partial charge in [0, 0.05) is 12.2 Å². The third-order valence-corrected chi connectivity index (χ3v) is 4.66. The van der Waals surface area contributed by atoms with Crippen molar-refractivity contribution >= 4 is 34.6 Å². The maximum absolute atomic E-state index is 12.0. The lowest BCUT2D eigenvalue weighted by Crippen LogP contribution is -2.68. The zero-order valence-electron chi connectivity index (χ0n) is 12.1. The molecule has 0 heterocycles. The second kappa shape index (κ2) is 8.57. The van der Waals surface area contributed by atoms with Crippen molar-refractivity contribution in [2.75, 3.05) is 5.75 Å². The predicted molar refractivity (Wildman–Crippen MR) is 79.2 cm³/mol. The number of primary amides is 1. The first-order valence-electron chi connectivity index (χ1n) is 6.54. The molecule has 0 aliphatic heterocycles. The van der Waals surface area contributed by atoms with E-state index in [1.54, 1.807) is 6.92 Å². The van der Waals surface area contributed by atoms with Crippen LogP contribution in [0.2, 0.25) is 0 Å². The van der Waals surface area contributed by atoms with Crippen LogP contribution in [0.15, 0.2) is 0 Å². The highest BCUT2D eigenvalue weighted by Crippen LogP contribution is 2.10. The summed E-state index contributed by atoms with van der Waals surface area (Å²) in [5, 5.41) is 1.55. The minimum atomic E-state index is -4.36. The maximum Gasteiger partial charge on any atom is 0.240 e. The second-order valence-corrected chi connectivity index (χ2v) is 7.11. The van der Waals surface area contributed by atoms with Crippen LogP contribution < -0.4 is 16.8 Å². The highest BCUT2D eigenvalue weighted by Gasteiger charge is 2.30. The molecule has 0 bridgehead atoms. The molecule has 0 aromatic carbocycles. The van der Waals surface area contributed by atoms with E-state index in [2.05, 4.69) is 23.7 Å². The molecule has 0 spiro atoms. The van der Waals surface area contributed by atoms with Crippen LogP contribution in [-0.2, 0) is 19.7 Å². The Labute approximate surface area is 130 Å². The summed E-state index contributed by atoms with van der Waals surface area (Å²) >= 11 is 4.07. The lowest BCUT2D eigenvalue weighted by molar-refractivity contribution is -0.416. The van der Waals surface area contributed by atoms with Crippen molar-refractivity contribution in [2.24, 2.45) is 11.7 Å². The Kier molecular flexibility index (Phi) is 8.22. The van der Waals surface area contributed by atoms with Crippen LogP contribution in [0.25, 0.3) is 0 Å². The highest BCUT2D eigenvalue weighted by atomic mass is 32.2. The quantitative estimate of drug-likeness (QED) is 0.278. The highest BCUT2D eigenvalue weighted by molar-refractivity contribution is 7.85. The normalized spacial score (nSPS) is 17.6. The number of carbonyl (C=O) groups excluding carboxylic acids is 2. The molecule has 0 aliphatic rings. The number of thiol groups is 1. The molecule has 0 radical (unpaired) electrons. The Morgan fingerprint density at radius 1 is 1.43 bits per heavy atom. The van der Waals surface area contributed by atoms with Crippen LogP contribution in [0.5, 0.6) is 0 Å². The number of rotatable bonds is 9. The summed E-state index contributed by atoms with van der Waals surface area (Å²) in [6.07, 6.45) is 0.561. The van der Waals surface area contributed by atoms with E-state index < -0.39 is 45.0 Å². The second-order valence-electron chi connectivity index (χ2n) is 5.03. The summed E-state index contributed by atoms with van der Waals surface area (Å²) in [4.78, 5) is 23.3. The Bertz CT molecular complexity index is 468.